The second kappa shape index (κ2) is 7.55. The third kappa shape index (κ3) is 3.91. The van der Waals surface area contributed by atoms with Crippen LogP contribution in [0.25, 0.3) is 4.96 Å². The number of anilines is 1. The second-order valence-electron chi connectivity index (χ2n) is 4.30. The van der Waals surface area contributed by atoms with E-state index in [9.17, 15) is 9.59 Å². The van der Waals surface area contributed by atoms with Gasteiger partial charge in [-0.2, -0.15) is 4.52 Å². The predicted molar refractivity (Wildman–Crippen MR) is 95.3 cm³/mol. The third-order valence-corrected chi connectivity index (χ3v) is 6.46. The highest BCUT2D eigenvalue weighted by molar-refractivity contribution is 8.01. The summed E-state index contributed by atoms with van der Waals surface area (Å²) in [5.41, 5.74) is -0.0218. The monoisotopic (exact) mass is 401 g/mol. The number of amides is 1. The Morgan fingerprint density at radius 3 is 2.79 bits per heavy atom. The maximum atomic E-state index is 12.0. The van der Waals surface area contributed by atoms with Crippen LogP contribution in [-0.2, 0) is 4.79 Å². The molecule has 3 aromatic rings. The van der Waals surface area contributed by atoms with Crippen LogP contribution >= 0.6 is 46.2 Å². The summed E-state index contributed by atoms with van der Waals surface area (Å²) >= 11 is 5.35. The second-order valence-corrected chi connectivity index (χ2v) is 8.96. The molecule has 0 bridgehead atoms. The summed E-state index contributed by atoms with van der Waals surface area (Å²) in [6.45, 7) is 3.60. The maximum absolute atomic E-state index is 12.0. The van der Waals surface area contributed by atoms with Gasteiger partial charge in [-0.1, -0.05) is 53.1 Å². The Kier molecular flexibility index (Phi) is 5.43. The van der Waals surface area contributed by atoms with E-state index in [1.807, 2.05) is 6.92 Å². The van der Waals surface area contributed by atoms with Crippen molar-refractivity contribution in [1.82, 2.24) is 30.0 Å². The number of carbonyl (C=O) groups excluding carboxylic acids is 1. The van der Waals surface area contributed by atoms with Crippen LogP contribution in [0, 0.1) is 6.92 Å². The lowest BCUT2D eigenvalue weighted by atomic mass is 10.5. The average molecular weight is 402 g/mol. The molecule has 0 aliphatic carbocycles. The molecule has 0 aliphatic heterocycles. The molecule has 0 unspecified atom stereocenters. The van der Waals surface area contributed by atoms with Gasteiger partial charge < -0.3 is 0 Å². The van der Waals surface area contributed by atoms with E-state index in [1.54, 1.807) is 18.7 Å². The zero-order valence-corrected chi connectivity index (χ0v) is 15.8. The fraction of sp³-hybridized carbons (Fsp3) is 0.364. The Labute approximate surface area is 152 Å². The van der Waals surface area contributed by atoms with E-state index >= 15 is 0 Å². The van der Waals surface area contributed by atoms with Crippen LogP contribution in [-0.4, -0.2) is 47.4 Å². The van der Waals surface area contributed by atoms with Crippen LogP contribution < -0.4 is 10.9 Å². The van der Waals surface area contributed by atoms with E-state index in [2.05, 4.69) is 30.8 Å². The predicted octanol–water partition coefficient (Wildman–Crippen LogP) is 1.55. The van der Waals surface area contributed by atoms with Crippen molar-refractivity contribution in [2.45, 2.75) is 22.5 Å². The maximum Gasteiger partial charge on any atom is 0.296 e. The highest BCUT2D eigenvalue weighted by Gasteiger charge is 2.13. The van der Waals surface area contributed by atoms with Crippen LogP contribution in [0.4, 0.5) is 5.13 Å². The number of aromatic nitrogens is 6. The summed E-state index contributed by atoms with van der Waals surface area (Å²) in [7, 11) is 0. The van der Waals surface area contributed by atoms with E-state index in [-0.39, 0.29) is 22.9 Å². The summed E-state index contributed by atoms with van der Waals surface area (Å²) in [5, 5.41) is 22.9. The number of fused-ring (bicyclic) bond motifs is 1. The molecule has 1 amide bonds. The first-order valence-electron chi connectivity index (χ1n) is 6.69. The number of thioether (sulfide) groups is 2. The summed E-state index contributed by atoms with van der Waals surface area (Å²) in [6, 6.07) is 0. The van der Waals surface area contributed by atoms with Gasteiger partial charge in [0.2, 0.25) is 16.0 Å². The highest BCUT2D eigenvalue weighted by atomic mass is 32.2. The van der Waals surface area contributed by atoms with Gasteiger partial charge in [0, 0.05) is 0 Å². The van der Waals surface area contributed by atoms with Crippen molar-refractivity contribution in [3.05, 3.63) is 16.0 Å². The molecule has 0 saturated carbocycles. The minimum absolute atomic E-state index is 0.150. The zero-order valence-electron chi connectivity index (χ0n) is 12.5. The van der Waals surface area contributed by atoms with Gasteiger partial charge in [-0.15, -0.1) is 25.5 Å². The van der Waals surface area contributed by atoms with Crippen LogP contribution in [0.15, 0.2) is 13.5 Å². The van der Waals surface area contributed by atoms with Crippen LogP contribution in [0.1, 0.15) is 12.6 Å². The molecule has 0 fully saturated rings. The van der Waals surface area contributed by atoms with E-state index in [4.69, 9.17) is 0 Å². The fourth-order valence-corrected chi connectivity index (χ4v) is 4.90. The lowest BCUT2D eigenvalue weighted by molar-refractivity contribution is -0.113. The molecule has 0 saturated heterocycles. The van der Waals surface area contributed by atoms with Crippen molar-refractivity contribution in [1.29, 1.82) is 0 Å². The topological polar surface area (TPSA) is 115 Å². The summed E-state index contributed by atoms with van der Waals surface area (Å²) in [5.74, 6) is 0.840. The SMILES string of the molecule is CCSc1nnc(NC(=O)CSc2nn3c(=O)c(C)nnc3s2)s1. The van der Waals surface area contributed by atoms with Gasteiger partial charge >= 0.3 is 0 Å². The molecule has 9 nitrogen and oxygen atoms in total. The van der Waals surface area contributed by atoms with Crippen molar-refractivity contribution in [2.24, 2.45) is 0 Å². The zero-order chi connectivity index (χ0) is 17.1. The number of nitrogens with zero attached hydrogens (tertiary/aromatic N) is 6. The lowest BCUT2D eigenvalue weighted by Crippen LogP contribution is -2.19. The first-order valence-corrected chi connectivity index (χ1v) is 10.3. The molecule has 126 valence electrons. The lowest BCUT2D eigenvalue weighted by Gasteiger charge is -1.98. The van der Waals surface area contributed by atoms with E-state index < -0.39 is 0 Å². The van der Waals surface area contributed by atoms with Crippen LogP contribution in [0.2, 0.25) is 0 Å². The summed E-state index contributed by atoms with van der Waals surface area (Å²) in [4.78, 5) is 24.2. The molecule has 0 atom stereocenters. The summed E-state index contributed by atoms with van der Waals surface area (Å²) < 4.78 is 2.59. The molecule has 0 spiro atoms. The average Bonchev–Trinajstić information content (AvgIpc) is 3.16. The van der Waals surface area contributed by atoms with Gasteiger partial charge in [0.05, 0.1) is 5.75 Å². The molecule has 3 rings (SSSR count). The first-order chi connectivity index (χ1) is 11.6. The van der Waals surface area contributed by atoms with Gasteiger partial charge in [0.15, 0.2) is 8.68 Å². The number of hydrogen-bond donors (Lipinski definition) is 1. The Bertz CT molecular complexity index is 934. The highest BCUT2D eigenvalue weighted by Crippen LogP contribution is 2.26. The molecular weight excluding hydrogens is 390 g/mol. The minimum atomic E-state index is -0.303. The standard InChI is InChI=1S/C11H11N7O2S4/c1-3-21-10-16-14-8(23-10)12-6(19)4-22-11-17-18-7(20)5(2)13-15-9(18)24-11/h3-4H2,1-2H3,(H,12,14,19). The molecular formula is C11H11N7O2S4. The molecule has 0 aliphatic rings. The van der Waals surface area contributed by atoms with Gasteiger partial charge in [-0.25, -0.2) is 0 Å². The molecule has 1 N–H and O–H groups in total. The Morgan fingerprint density at radius 2 is 2.00 bits per heavy atom. The van der Waals surface area contributed by atoms with Crippen molar-refractivity contribution >= 4 is 62.2 Å². The van der Waals surface area contributed by atoms with Crippen LogP contribution in [0.3, 0.4) is 0 Å². The van der Waals surface area contributed by atoms with Crippen molar-refractivity contribution in [3.63, 3.8) is 0 Å². The van der Waals surface area contributed by atoms with Crippen LogP contribution in [0.5, 0.6) is 0 Å². The van der Waals surface area contributed by atoms with Gasteiger partial charge in [0.25, 0.3) is 5.56 Å². The third-order valence-electron chi connectivity index (χ3n) is 2.58. The largest absolute Gasteiger partial charge is 0.300 e. The fourth-order valence-electron chi connectivity index (χ4n) is 1.56. The minimum Gasteiger partial charge on any atom is -0.300 e. The molecule has 3 heterocycles. The van der Waals surface area contributed by atoms with E-state index in [1.165, 1.54) is 39.0 Å². The Balaban J connectivity index is 1.61. The number of nitrogens with one attached hydrogen (secondary N) is 1. The quantitative estimate of drug-likeness (QED) is 0.485. The number of aryl methyl sites for hydroxylation is 1. The van der Waals surface area contributed by atoms with E-state index in [0.29, 0.717) is 14.4 Å². The molecule has 3 aromatic heterocycles. The first kappa shape index (κ1) is 17.3. The normalized spacial score (nSPS) is 11.1. The molecule has 24 heavy (non-hydrogen) atoms. The van der Waals surface area contributed by atoms with Crippen molar-refractivity contribution < 1.29 is 4.79 Å². The Hall–Kier alpha value is -1.57. The number of carbonyl (C=O) groups is 1. The van der Waals surface area contributed by atoms with Gasteiger partial charge in [-0.3, -0.25) is 14.9 Å². The number of rotatable bonds is 6. The molecule has 13 heteroatoms. The summed E-state index contributed by atoms with van der Waals surface area (Å²) in [6.07, 6.45) is 0. The van der Waals surface area contributed by atoms with E-state index in [0.717, 1.165) is 10.1 Å². The molecule has 0 aromatic carbocycles. The smallest absolute Gasteiger partial charge is 0.296 e. The van der Waals surface area contributed by atoms with Crippen molar-refractivity contribution in [2.75, 3.05) is 16.8 Å². The van der Waals surface area contributed by atoms with Gasteiger partial charge in [0.1, 0.15) is 5.69 Å². The van der Waals surface area contributed by atoms with Crippen molar-refractivity contribution in [3.8, 4) is 0 Å². The molecule has 0 radical (unpaired) electrons. The Morgan fingerprint density at radius 1 is 1.17 bits per heavy atom. The van der Waals surface area contributed by atoms with Gasteiger partial charge in [-0.05, 0) is 12.7 Å². The number of hydrogen-bond acceptors (Lipinski definition) is 11.